The Labute approximate surface area is 67.6 Å². The maximum Gasteiger partial charge on any atom is 0.320 e. The molecule has 0 aromatic heterocycles. The van der Waals surface area contributed by atoms with Crippen LogP contribution in [0.5, 0.6) is 0 Å². The van der Waals surface area contributed by atoms with E-state index in [1.165, 1.54) is 0 Å². The Morgan fingerprint density at radius 3 is 2.82 bits per heavy atom. The van der Waals surface area contributed by atoms with Crippen LogP contribution in [0.4, 0.5) is 0 Å². The van der Waals surface area contributed by atoms with Crippen LogP contribution in [0.2, 0.25) is 0 Å². The van der Waals surface area contributed by atoms with Gasteiger partial charge in [0, 0.05) is 6.54 Å². The second-order valence-corrected chi connectivity index (χ2v) is 2.29. The van der Waals surface area contributed by atoms with Gasteiger partial charge in [0.15, 0.2) is 0 Å². The molecule has 0 N–H and O–H groups in total. The molecule has 0 heterocycles. The van der Waals surface area contributed by atoms with Crippen molar-refractivity contribution in [2.75, 3.05) is 26.7 Å². The highest BCUT2D eigenvalue weighted by atomic mass is 16.5. The molecule has 0 aliphatic carbocycles. The summed E-state index contributed by atoms with van der Waals surface area (Å²) in [6.07, 6.45) is 1.75. The molecule has 0 aliphatic rings. The summed E-state index contributed by atoms with van der Waals surface area (Å²) in [5.74, 6) is -0.183. The quantitative estimate of drug-likeness (QED) is 0.434. The van der Waals surface area contributed by atoms with E-state index in [4.69, 9.17) is 4.74 Å². The number of hydrogen-bond donors (Lipinski definition) is 0. The number of carbonyl (C=O) groups excluding carboxylic acids is 1. The predicted octanol–water partition coefficient (Wildman–Crippen LogP) is 0.667. The SMILES string of the molecule is C=CCN(C)CC(=O)OCC. The number of likely N-dealkylation sites (N-methyl/N-ethyl adjacent to an activating group) is 1. The zero-order valence-electron chi connectivity index (χ0n) is 7.17. The van der Waals surface area contributed by atoms with E-state index in [1.54, 1.807) is 13.0 Å². The molecular formula is C8H15NO2. The Hall–Kier alpha value is -0.830. The number of nitrogens with zero attached hydrogens (tertiary/aromatic N) is 1. The number of hydrogen-bond acceptors (Lipinski definition) is 3. The number of carbonyl (C=O) groups is 1. The number of ether oxygens (including phenoxy) is 1. The van der Waals surface area contributed by atoms with Crippen molar-refractivity contribution in [3.05, 3.63) is 12.7 Å². The third kappa shape index (κ3) is 5.61. The van der Waals surface area contributed by atoms with E-state index in [0.29, 0.717) is 19.7 Å². The molecule has 0 saturated carbocycles. The molecule has 0 spiro atoms. The van der Waals surface area contributed by atoms with Gasteiger partial charge >= 0.3 is 5.97 Å². The summed E-state index contributed by atoms with van der Waals surface area (Å²) in [5.41, 5.74) is 0. The molecule has 0 saturated heterocycles. The van der Waals surface area contributed by atoms with Crippen LogP contribution >= 0.6 is 0 Å². The number of rotatable bonds is 5. The zero-order chi connectivity index (χ0) is 8.69. The van der Waals surface area contributed by atoms with Gasteiger partial charge in [0.2, 0.25) is 0 Å². The fourth-order valence-electron chi connectivity index (χ4n) is 0.712. The first kappa shape index (κ1) is 10.2. The predicted molar refractivity (Wildman–Crippen MR) is 44.3 cm³/mol. The van der Waals surface area contributed by atoms with Crippen LogP contribution in [0, 0.1) is 0 Å². The third-order valence-electron chi connectivity index (χ3n) is 1.15. The van der Waals surface area contributed by atoms with Crippen LogP contribution in [-0.4, -0.2) is 37.6 Å². The molecule has 0 unspecified atom stereocenters. The minimum Gasteiger partial charge on any atom is -0.465 e. The van der Waals surface area contributed by atoms with Crippen LogP contribution in [-0.2, 0) is 9.53 Å². The van der Waals surface area contributed by atoms with Gasteiger partial charge in [0.05, 0.1) is 13.2 Å². The largest absolute Gasteiger partial charge is 0.465 e. The monoisotopic (exact) mass is 157 g/mol. The van der Waals surface area contributed by atoms with Crippen molar-refractivity contribution in [3.8, 4) is 0 Å². The van der Waals surface area contributed by atoms with Gasteiger partial charge in [-0.3, -0.25) is 9.69 Å². The van der Waals surface area contributed by atoms with Gasteiger partial charge in [-0.05, 0) is 14.0 Å². The van der Waals surface area contributed by atoms with E-state index in [0.717, 1.165) is 0 Å². The van der Waals surface area contributed by atoms with E-state index in [2.05, 4.69) is 6.58 Å². The van der Waals surface area contributed by atoms with E-state index in [-0.39, 0.29) is 5.97 Å². The van der Waals surface area contributed by atoms with Crippen molar-refractivity contribution >= 4 is 5.97 Å². The summed E-state index contributed by atoms with van der Waals surface area (Å²) < 4.78 is 4.74. The summed E-state index contributed by atoms with van der Waals surface area (Å²) in [4.78, 5) is 12.7. The van der Waals surface area contributed by atoms with Crippen LogP contribution in [0.15, 0.2) is 12.7 Å². The van der Waals surface area contributed by atoms with Gasteiger partial charge in [-0.25, -0.2) is 0 Å². The van der Waals surface area contributed by atoms with Crippen molar-refractivity contribution in [1.82, 2.24) is 4.90 Å². The molecule has 64 valence electrons. The van der Waals surface area contributed by atoms with E-state index < -0.39 is 0 Å². The molecule has 0 rings (SSSR count). The van der Waals surface area contributed by atoms with Crippen LogP contribution in [0.1, 0.15) is 6.92 Å². The van der Waals surface area contributed by atoms with Crippen molar-refractivity contribution in [2.45, 2.75) is 6.92 Å². The first-order valence-electron chi connectivity index (χ1n) is 3.65. The Bertz CT molecular complexity index is 134. The topological polar surface area (TPSA) is 29.5 Å². The second-order valence-electron chi connectivity index (χ2n) is 2.29. The molecule has 0 amide bonds. The lowest BCUT2D eigenvalue weighted by atomic mass is 10.5. The first-order valence-corrected chi connectivity index (χ1v) is 3.65. The molecule has 0 aromatic rings. The standard InChI is InChI=1S/C8H15NO2/c1-4-6-9(3)7-8(10)11-5-2/h4H,1,5-7H2,2-3H3. The van der Waals surface area contributed by atoms with Crippen LogP contribution in [0.25, 0.3) is 0 Å². The summed E-state index contributed by atoms with van der Waals surface area (Å²) in [6, 6.07) is 0. The third-order valence-corrected chi connectivity index (χ3v) is 1.15. The zero-order valence-corrected chi connectivity index (χ0v) is 7.17. The molecule has 0 aromatic carbocycles. The Morgan fingerprint density at radius 1 is 1.73 bits per heavy atom. The fourth-order valence-corrected chi connectivity index (χ4v) is 0.712. The lowest BCUT2D eigenvalue weighted by Crippen LogP contribution is -2.27. The highest BCUT2D eigenvalue weighted by Crippen LogP contribution is 1.85. The molecule has 0 radical (unpaired) electrons. The molecule has 3 heteroatoms. The maximum absolute atomic E-state index is 10.8. The number of esters is 1. The maximum atomic E-state index is 10.8. The molecule has 0 aliphatic heterocycles. The molecule has 0 fully saturated rings. The highest BCUT2D eigenvalue weighted by molar-refractivity contribution is 5.71. The Morgan fingerprint density at radius 2 is 2.36 bits per heavy atom. The van der Waals surface area contributed by atoms with Gasteiger partial charge in [-0.2, -0.15) is 0 Å². The second kappa shape index (κ2) is 5.92. The minimum atomic E-state index is -0.183. The van der Waals surface area contributed by atoms with E-state index in [9.17, 15) is 4.79 Å². The van der Waals surface area contributed by atoms with E-state index in [1.807, 2.05) is 11.9 Å². The first-order chi connectivity index (χ1) is 5.20. The smallest absolute Gasteiger partial charge is 0.320 e. The van der Waals surface area contributed by atoms with E-state index >= 15 is 0 Å². The molecule has 11 heavy (non-hydrogen) atoms. The van der Waals surface area contributed by atoms with Gasteiger partial charge in [0.1, 0.15) is 0 Å². The van der Waals surface area contributed by atoms with Crippen molar-refractivity contribution in [3.63, 3.8) is 0 Å². The van der Waals surface area contributed by atoms with Crippen LogP contribution < -0.4 is 0 Å². The highest BCUT2D eigenvalue weighted by Gasteiger charge is 2.03. The molecule has 0 bridgehead atoms. The van der Waals surface area contributed by atoms with Gasteiger partial charge in [-0.15, -0.1) is 6.58 Å². The lowest BCUT2D eigenvalue weighted by molar-refractivity contribution is -0.143. The van der Waals surface area contributed by atoms with Crippen molar-refractivity contribution in [2.24, 2.45) is 0 Å². The van der Waals surface area contributed by atoms with Crippen LogP contribution in [0.3, 0.4) is 0 Å². The minimum absolute atomic E-state index is 0.183. The molecule has 3 nitrogen and oxygen atoms in total. The average Bonchev–Trinajstić information content (AvgIpc) is 1.87. The van der Waals surface area contributed by atoms with Gasteiger partial charge in [-0.1, -0.05) is 6.08 Å². The fraction of sp³-hybridized carbons (Fsp3) is 0.625. The summed E-state index contributed by atoms with van der Waals surface area (Å²) in [7, 11) is 1.85. The van der Waals surface area contributed by atoms with Crippen molar-refractivity contribution < 1.29 is 9.53 Å². The van der Waals surface area contributed by atoms with Gasteiger partial charge < -0.3 is 4.74 Å². The summed E-state index contributed by atoms with van der Waals surface area (Å²) in [5, 5.41) is 0. The van der Waals surface area contributed by atoms with Gasteiger partial charge in [0.25, 0.3) is 0 Å². The van der Waals surface area contributed by atoms with Crippen molar-refractivity contribution in [1.29, 1.82) is 0 Å². The molecule has 0 atom stereocenters. The summed E-state index contributed by atoms with van der Waals surface area (Å²) >= 11 is 0. The Kier molecular flexibility index (Phi) is 5.47. The molecular weight excluding hydrogens is 142 g/mol. The average molecular weight is 157 g/mol. The Balaban J connectivity index is 3.48. The normalized spacial score (nSPS) is 9.73. The lowest BCUT2D eigenvalue weighted by Gasteiger charge is -2.11. The summed E-state index contributed by atoms with van der Waals surface area (Å²) in [6.45, 7) is 6.84.